The summed E-state index contributed by atoms with van der Waals surface area (Å²) < 4.78 is 0. The van der Waals surface area contributed by atoms with E-state index in [2.05, 4.69) is 0 Å². The second kappa shape index (κ2) is 5.12. The molecule has 0 atom stereocenters. The Morgan fingerprint density at radius 2 is 1.95 bits per heavy atom. The number of hydrogen-bond acceptors (Lipinski definition) is 2. The number of benzene rings is 1. The summed E-state index contributed by atoms with van der Waals surface area (Å²) in [6, 6.07) is 5.20. The Balaban J connectivity index is 1.95. The van der Waals surface area contributed by atoms with Gasteiger partial charge in [-0.05, 0) is 43.4 Å². The van der Waals surface area contributed by atoms with E-state index in [0.717, 1.165) is 36.9 Å². The first kappa shape index (κ1) is 12.9. The van der Waals surface area contributed by atoms with Crippen molar-refractivity contribution in [3.8, 4) is 0 Å². The number of hydrogen-bond donors (Lipinski definition) is 1. The lowest BCUT2D eigenvalue weighted by Crippen LogP contribution is -2.39. The van der Waals surface area contributed by atoms with Crippen LogP contribution in [0, 0.1) is 5.92 Å². The highest BCUT2D eigenvalue weighted by Crippen LogP contribution is 2.32. The minimum Gasteiger partial charge on any atom is -0.478 e. The van der Waals surface area contributed by atoms with Gasteiger partial charge in [-0.2, -0.15) is 0 Å². The van der Waals surface area contributed by atoms with Crippen molar-refractivity contribution < 1.29 is 14.7 Å². The maximum Gasteiger partial charge on any atom is 0.336 e. The molecule has 1 aliphatic heterocycles. The van der Waals surface area contributed by atoms with Gasteiger partial charge in [0.05, 0.1) is 5.56 Å². The fraction of sp³-hybridized carbons (Fsp3) is 0.375. The average Bonchev–Trinajstić information content (AvgIpc) is 2.99. The van der Waals surface area contributed by atoms with Gasteiger partial charge in [0, 0.05) is 18.2 Å². The molecule has 20 heavy (non-hydrogen) atoms. The molecule has 2 aliphatic rings. The summed E-state index contributed by atoms with van der Waals surface area (Å²) in [7, 11) is 0. The van der Waals surface area contributed by atoms with Crippen LogP contribution in [0.5, 0.6) is 0 Å². The Morgan fingerprint density at radius 1 is 1.20 bits per heavy atom. The summed E-state index contributed by atoms with van der Waals surface area (Å²) in [4.78, 5) is 25.7. The molecule has 0 bridgehead atoms. The van der Waals surface area contributed by atoms with Crippen molar-refractivity contribution in [1.82, 2.24) is 0 Å². The molecule has 0 saturated heterocycles. The Bertz CT molecular complexity index is 583. The fourth-order valence-electron chi connectivity index (χ4n) is 3.09. The highest BCUT2D eigenvalue weighted by Gasteiger charge is 2.30. The molecule has 0 fully saturated rings. The molecule has 1 N–H and O–H groups in total. The first-order valence-electron chi connectivity index (χ1n) is 7.00. The molecule has 0 radical (unpaired) electrons. The maximum absolute atomic E-state index is 12.6. The second-order valence-electron chi connectivity index (χ2n) is 5.34. The van der Waals surface area contributed by atoms with Crippen LogP contribution in [0.25, 0.3) is 0 Å². The normalized spacial score (nSPS) is 18.1. The molecule has 0 aromatic heterocycles. The molecule has 4 heteroatoms. The highest BCUT2D eigenvalue weighted by atomic mass is 16.4. The third kappa shape index (κ3) is 2.11. The molecule has 1 aromatic rings. The molecule has 1 amide bonds. The quantitative estimate of drug-likeness (QED) is 0.841. The molecule has 4 nitrogen and oxygen atoms in total. The van der Waals surface area contributed by atoms with E-state index in [1.807, 2.05) is 18.2 Å². The van der Waals surface area contributed by atoms with E-state index < -0.39 is 5.97 Å². The number of nitrogens with zero attached hydrogens (tertiary/aromatic N) is 1. The van der Waals surface area contributed by atoms with Gasteiger partial charge in [0.2, 0.25) is 5.91 Å². The Labute approximate surface area is 117 Å². The highest BCUT2D eigenvalue weighted by molar-refractivity contribution is 5.99. The van der Waals surface area contributed by atoms with Crippen molar-refractivity contribution in [2.75, 3.05) is 11.4 Å². The van der Waals surface area contributed by atoms with Crippen molar-refractivity contribution in [3.63, 3.8) is 0 Å². The van der Waals surface area contributed by atoms with E-state index in [-0.39, 0.29) is 11.8 Å². The number of carboxylic acid groups (broad SMARTS) is 1. The zero-order valence-corrected chi connectivity index (χ0v) is 11.2. The number of carboxylic acids is 1. The van der Waals surface area contributed by atoms with Gasteiger partial charge in [-0.3, -0.25) is 4.79 Å². The lowest BCUT2D eigenvalue weighted by atomic mass is 9.94. The largest absolute Gasteiger partial charge is 0.478 e. The number of amides is 1. The number of aromatic carboxylic acids is 1. The molecule has 0 saturated carbocycles. The lowest BCUT2D eigenvalue weighted by molar-refractivity contribution is -0.122. The topological polar surface area (TPSA) is 57.6 Å². The Hall–Kier alpha value is -2.10. The fourth-order valence-corrected chi connectivity index (χ4v) is 3.09. The van der Waals surface area contributed by atoms with Gasteiger partial charge >= 0.3 is 5.97 Å². The number of carbonyl (C=O) groups is 2. The van der Waals surface area contributed by atoms with Gasteiger partial charge < -0.3 is 10.0 Å². The third-order valence-electron chi connectivity index (χ3n) is 4.10. The summed E-state index contributed by atoms with van der Waals surface area (Å²) in [6.45, 7) is 0.686. The molecular weight excluding hydrogens is 254 g/mol. The molecule has 104 valence electrons. The van der Waals surface area contributed by atoms with Crippen LogP contribution in [0.4, 0.5) is 5.69 Å². The van der Waals surface area contributed by atoms with Gasteiger partial charge in [0.25, 0.3) is 0 Å². The first-order valence-corrected chi connectivity index (χ1v) is 7.00. The van der Waals surface area contributed by atoms with Gasteiger partial charge in [-0.15, -0.1) is 0 Å². The number of carbonyl (C=O) groups excluding carboxylic acids is 1. The zero-order chi connectivity index (χ0) is 14.1. The third-order valence-corrected chi connectivity index (χ3v) is 4.10. The molecule has 3 rings (SSSR count). The summed E-state index contributed by atoms with van der Waals surface area (Å²) in [5.74, 6) is -0.772. The van der Waals surface area contributed by atoms with Crippen molar-refractivity contribution in [2.45, 2.75) is 25.7 Å². The van der Waals surface area contributed by atoms with Crippen LogP contribution in [0.1, 0.15) is 35.2 Å². The number of rotatable bonds is 2. The summed E-state index contributed by atoms with van der Waals surface area (Å²) in [5, 5.41) is 9.26. The monoisotopic (exact) mass is 271 g/mol. The lowest BCUT2D eigenvalue weighted by Gasteiger charge is -2.32. The van der Waals surface area contributed by atoms with Crippen LogP contribution in [-0.2, 0) is 11.2 Å². The molecule has 1 aromatic carbocycles. The van der Waals surface area contributed by atoms with Crippen LogP contribution in [0.3, 0.4) is 0 Å². The van der Waals surface area contributed by atoms with E-state index in [4.69, 9.17) is 0 Å². The van der Waals surface area contributed by atoms with Crippen LogP contribution >= 0.6 is 0 Å². The maximum atomic E-state index is 12.6. The molecule has 1 heterocycles. The molecule has 0 unspecified atom stereocenters. The van der Waals surface area contributed by atoms with E-state index in [1.165, 1.54) is 0 Å². The standard InChI is InChI=1S/C16H17NO3/c18-15(11-5-1-2-6-11)17-10-4-8-12-13(16(19)20)7-3-9-14(12)17/h1-3,7,9,11H,4-6,8,10H2,(H,19,20). The van der Waals surface area contributed by atoms with E-state index in [1.54, 1.807) is 17.0 Å². The van der Waals surface area contributed by atoms with Gasteiger partial charge in [0.1, 0.15) is 0 Å². The summed E-state index contributed by atoms with van der Waals surface area (Å²) in [6.07, 6.45) is 7.22. The zero-order valence-electron chi connectivity index (χ0n) is 11.2. The average molecular weight is 271 g/mol. The van der Waals surface area contributed by atoms with Crippen molar-refractivity contribution >= 4 is 17.6 Å². The summed E-state index contributed by atoms with van der Waals surface area (Å²) >= 11 is 0. The van der Waals surface area contributed by atoms with Crippen molar-refractivity contribution in [3.05, 3.63) is 41.5 Å². The minimum absolute atomic E-state index is 0.0226. The number of fused-ring (bicyclic) bond motifs is 1. The minimum atomic E-state index is -0.918. The Morgan fingerprint density at radius 3 is 2.65 bits per heavy atom. The van der Waals surface area contributed by atoms with E-state index in [0.29, 0.717) is 12.1 Å². The predicted octanol–water partition coefficient (Wildman–Crippen LogP) is 2.63. The molecule has 0 spiro atoms. The number of allylic oxidation sites excluding steroid dienone is 2. The first-order chi connectivity index (χ1) is 9.68. The summed E-state index contributed by atoms with van der Waals surface area (Å²) in [5.41, 5.74) is 1.91. The van der Waals surface area contributed by atoms with Crippen LogP contribution in [0.2, 0.25) is 0 Å². The van der Waals surface area contributed by atoms with E-state index in [9.17, 15) is 14.7 Å². The van der Waals surface area contributed by atoms with Gasteiger partial charge in [-0.25, -0.2) is 4.79 Å². The predicted molar refractivity (Wildman–Crippen MR) is 75.9 cm³/mol. The SMILES string of the molecule is O=C(O)c1cccc2c1CCCN2C(=O)C1CC=CC1. The number of anilines is 1. The second-order valence-corrected chi connectivity index (χ2v) is 5.34. The van der Waals surface area contributed by atoms with Crippen molar-refractivity contribution in [1.29, 1.82) is 0 Å². The molecule has 1 aliphatic carbocycles. The smallest absolute Gasteiger partial charge is 0.336 e. The van der Waals surface area contributed by atoms with Gasteiger partial charge in [-0.1, -0.05) is 18.2 Å². The van der Waals surface area contributed by atoms with Crippen LogP contribution in [-0.4, -0.2) is 23.5 Å². The van der Waals surface area contributed by atoms with Gasteiger partial charge in [0.15, 0.2) is 0 Å². The van der Waals surface area contributed by atoms with Crippen LogP contribution < -0.4 is 4.90 Å². The van der Waals surface area contributed by atoms with Crippen LogP contribution in [0.15, 0.2) is 30.4 Å². The molecular formula is C16H17NO3. The van der Waals surface area contributed by atoms with Crippen molar-refractivity contribution in [2.24, 2.45) is 5.92 Å². The van der Waals surface area contributed by atoms with E-state index >= 15 is 0 Å². The Kier molecular flexibility index (Phi) is 3.30.